The monoisotopic (exact) mass is 370 g/mol. The lowest BCUT2D eigenvalue weighted by Crippen LogP contribution is -2.40. The first kappa shape index (κ1) is 19.0. The maximum Gasteiger partial charge on any atom is 0.191 e. The zero-order valence-electron chi connectivity index (χ0n) is 15.9. The lowest BCUT2D eigenvalue weighted by atomic mass is 10.1. The molecule has 0 radical (unpaired) electrons. The molecule has 144 valence electrons. The fourth-order valence-electron chi connectivity index (χ4n) is 3.40. The third-order valence-corrected chi connectivity index (χ3v) is 4.84. The largest absolute Gasteiger partial charge is 0.495 e. The van der Waals surface area contributed by atoms with Crippen LogP contribution in [0.25, 0.3) is 0 Å². The van der Waals surface area contributed by atoms with Crippen LogP contribution >= 0.6 is 0 Å². The quantitative estimate of drug-likeness (QED) is 0.606. The van der Waals surface area contributed by atoms with Gasteiger partial charge in [-0.1, -0.05) is 24.3 Å². The van der Waals surface area contributed by atoms with Crippen LogP contribution in [0.5, 0.6) is 5.75 Å². The van der Waals surface area contributed by atoms with E-state index in [0.29, 0.717) is 12.5 Å². The molecular formula is C21H27FN4O. The van der Waals surface area contributed by atoms with Gasteiger partial charge >= 0.3 is 0 Å². The molecule has 1 aliphatic heterocycles. The maximum absolute atomic E-state index is 13.3. The molecule has 6 heteroatoms. The van der Waals surface area contributed by atoms with Crippen LogP contribution in [0.2, 0.25) is 0 Å². The Hall–Kier alpha value is -2.76. The van der Waals surface area contributed by atoms with Crippen molar-refractivity contribution in [3.8, 4) is 5.75 Å². The Morgan fingerprint density at radius 2 is 2.07 bits per heavy atom. The van der Waals surface area contributed by atoms with E-state index >= 15 is 0 Å². The van der Waals surface area contributed by atoms with Gasteiger partial charge in [0.25, 0.3) is 0 Å². The van der Waals surface area contributed by atoms with Crippen molar-refractivity contribution in [1.82, 2.24) is 10.6 Å². The van der Waals surface area contributed by atoms with Gasteiger partial charge in [-0.25, -0.2) is 4.39 Å². The fraction of sp³-hybridized carbons (Fsp3) is 0.381. The number of rotatable bonds is 6. The summed E-state index contributed by atoms with van der Waals surface area (Å²) in [5.41, 5.74) is 2.04. The lowest BCUT2D eigenvalue weighted by Gasteiger charge is -2.21. The molecule has 2 N–H and O–H groups in total. The van der Waals surface area contributed by atoms with E-state index in [4.69, 9.17) is 4.74 Å². The number of para-hydroxylation sites is 2. The van der Waals surface area contributed by atoms with Gasteiger partial charge in [0, 0.05) is 33.2 Å². The average Bonchev–Trinajstić information content (AvgIpc) is 3.17. The first-order chi connectivity index (χ1) is 13.2. The van der Waals surface area contributed by atoms with Crippen LogP contribution in [0.15, 0.2) is 53.5 Å². The number of hydrogen-bond acceptors (Lipinski definition) is 3. The fourth-order valence-corrected chi connectivity index (χ4v) is 3.40. The lowest BCUT2D eigenvalue weighted by molar-refractivity contribution is 0.414. The molecule has 1 unspecified atom stereocenters. The minimum absolute atomic E-state index is 0.223. The molecule has 0 amide bonds. The molecule has 0 aromatic heterocycles. The number of guanidine groups is 1. The first-order valence-electron chi connectivity index (χ1n) is 9.26. The Labute approximate surface area is 160 Å². The zero-order valence-corrected chi connectivity index (χ0v) is 15.9. The molecule has 1 atom stereocenters. The first-order valence-corrected chi connectivity index (χ1v) is 9.26. The molecule has 1 saturated heterocycles. The third kappa shape index (κ3) is 5.12. The van der Waals surface area contributed by atoms with E-state index in [9.17, 15) is 4.39 Å². The van der Waals surface area contributed by atoms with Gasteiger partial charge in [-0.05, 0) is 42.2 Å². The normalized spacial score (nSPS) is 17.1. The summed E-state index contributed by atoms with van der Waals surface area (Å²) in [6.07, 6.45) is 1.12. The van der Waals surface area contributed by atoms with Crippen molar-refractivity contribution in [3.05, 3.63) is 59.9 Å². The molecule has 1 fully saturated rings. The minimum Gasteiger partial charge on any atom is -0.495 e. The van der Waals surface area contributed by atoms with Crippen LogP contribution in [0, 0.1) is 11.7 Å². The van der Waals surface area contributed by atoms with Crippen LogP contribution in [-0.2, 0) is 6.54 Å². The average molecular weight is 370 g/mol. The number of ether oxygens (including phenoxy) is 1. The summed E-state index contributed by atoms with van der Waals surface area (Å²) < 4.78 is 18.7. The highest BCUT2D eigenvalue weighted by molar-refractivity contribution is 5.79. The number of nitrogens with zero attached hydrogens (tertiary/aromatic N) is 2. The Morgan fingerprint density at radius 3 is 2.85 bits per heavy atom. The van der Waals surface area contributed by atoms with E-state index in [1.807, 2.05) is 24.3 Å². The summed E-state index contributed by atoms with van der Waals surface area (Å²) in [5, 5.41) is 6.62. The second kappa shape index (κ2) is 9.26. The third-order valence-electron chi connectivity index (χ3n) is 4.84. The molecular weight excluding hydrogens is 343 g/mol. The van der Waals surface area contributed by atoms with Gasteiger partial charge in [0.15, 0.2) is 5.96 Å². The predicted octanol–water partition coefficient (Wildman–Crippen LogP) is 3.03. The molecule has 0 aliphatic carbocycles. The Balaban J connectivity index is 1.48. The van der Waals surface area contributed by atoms with Gasteiger partial charge in [-0.2, -0.15) is 0 Å². The van der Waals surface area contributed by atoms with Crippen LogP contribution < -0.4 is 20.3 Å². The molecule has 3 rings (SSSR count). The van der Waals surface area contributed by atoms with Crippen molar-refractivity contribution in [3.63, 3.8) is 0 Å². The second-order valence-electron chi connectivity index (χ2n) is 6.71. The van der Waals surface area contributed by atoms with E-state index in [1.165, 1.54) is 12.1 Å². The van der Waals surface area contributed by atoms with Gasteiger partial charge < -0.3 is 20.3 Å². The van der Waals surface area contributed by atoms with Gasteiger partial charge in [-0.3, -0.25) is 4.99 Å². The molecule has 0 bridgehead atoms. The van der Waals surface area contributed by atoms with Crippen molar-refractivity contribution in [1.29, 1.82) is 0 Å². The van der Waals surface area contributed by atoms with E-state index in [1.54, 1.807) is 20.2 Å². The van der Waals surface area contributed by atoms with Crippen molar-refractivity contribution in [2.24, 2.45) is 10.9 Å². The second-order valence-corrected chi connectivity index (χ2v) is 6.71. The van der Waals surface area contributed by atoms with Crippen LogP contribution in [0.4, 0.5) is 10.1 Å². The van der Waals surface area contributed by atoms with E-state index in [2.05, 4.69) is 26.6 Å². The Morgan fingerprint density at radius 1 is 1.22 bits per heavy atom. The summed E-state index contributed by atoms with van der Waals surface area (Å²) in [4.78, 5) is 6.63. The predicted molar refractivity (Wildman–Crippen MR) is 108 cm³/mol. The molecule has 27 heavy (non-hydrogen) atoms. The summed E-state index contributed by atoms with van der Waals surface area (Å²) >= 11 is 0. The summed E-state index contributed by atoms with van der Waals surface area (Å²) in [7, 11) is 3.46. The highest BCUT2D eigenvalue weighted by Gasteiger charge is 2.24. The Kier molecular flexibility index (Phi) is 6.52. The van der Waals surface area contributed by atoms with E-state index in [0.717, 1.165) is 49.0 Å². The van der Waals surface area contributed by atoms with Crippen LogP contribution in [-0.4, -0.2) is 39.8 Å². The van der Waals surface area contributed by atoms with Crippen molar-refractivity contribution >= 4 is 11.6 Å². The topological polar surface area (TPSA) is 48.9 Å². The molecule has 0 spiro atoms. The van der Waals surface area contributed by atoms with Gasteiger partial charge in [-0.15, -0.1) is 0 Å². The van der Waals surface area contributed by atoms with Crippen molar-refractivity contribution < 1.29 is 9.13 Å². The summed E-state index contributed by atoms with van der Waals surface area (Å²) in [5.74, 6) is 1.95. The Bertz CT molecular complexity index is 780. The summed E-state index contributed by atoms with van der Waals surface area (Å²) in [6, 6.07) is 14.7. The summed E-state index contributed by atoms with van der Waals surface area (Å²) in [6.45, 7) is 3.38. The number of methoxy groups -OCH3 is 1. The van der Waals surface area contributed by atoms with Crippen molar-refractivity contribution in [2.75, 3.05) is 38.7 Å². The molecule has 2 aromatic carbocycles. The molecule has 1 heterocycles. The van der Waals surface area contributed by atoms with Crippen LogP contribution in [0.1, 0.15) is 12.0 Å². The number of aliphatic imine (C=N–C) groups is 1. The highest BCUT2D eigenvalue weighted by atomic mass is 19.1. The maximum atomic E-state index is 13.3. The minimum atomic E-state index is -0.223. The number of hydrogen-bond donors (Lipinski definition) is 2. The SMILES string of the molecule is CN=C(NCc1cccc(F)c1)NCC1CCN(c2ccccc2OC)C1. The standard InChI is InChI=1S/C21H27FN4O/c1-23-21(24-13-16-6-5-7-18(22)12-16)25-14-17-10-11-26(15-17)19-8-3-4-9-20(19)27-2/h3-9,12,17H,10-11,13-15H2,1-2H3,(H2,23,24,25). The van der Waals surface area contributed by atoms with E-state index in [-0.39, 0.29) is 5.82 Å². The van der Waals surface area contributed by atoms with Gasteiger partial charge in [0.05, 0.1) is 12.8 Å². The van der Waals surface area contributed by atoms with Crippen molar-refractivity contribution in [2.45, 2.75) is 13.0 Å². The number of benzene rings is 2. The molecule has 0 saturated carbocycles. The number of anilines is 1. The van der Waals surface area contributed by atoms with Gasteiger partial charge in [0.1, 0.15) is 11.6 Å². The van der Waals surface area contributed by atoms with Crippen LogP contribution in [0.3, 0.4) is 0 Å². The molecule has 1 aliphatic rings. The molecule has 5 nitrogen and oxygen atoms in total. The van der Waals surface area contributed by atoms with E-state index < -0.39 is 0 Å². The van der Waals surface area contributed by atoms with Gasteiger partial charge in [0.2, 0.25) is 0 Å². The zero-order chi connectivity index (χ0) is 19.1. The molecule has 2 aromatic rings. The smallest absolute Gasteiger partial charge is 0.191 e. The highest BCUT2D eigenvalue weighted by Crippen LogP contribution is 2.31. The number of nitrogens with one attached hydrogen (secondary N) is 2. The number of halogens is 1.